The standard InChI is InChI=1S/C9H19NO/c1-3-11-7-6-10-5-4-9(2)8-10/h9H,3-8H2,1-2H3. The second-order valence-corrected chi connectivity index (χ2v) is 3.39. The fourth-order valence-electron chi connectivity index (χ4n) is 1.57. The lowest BCUT2D eigenvalue weighted by Gasteiger charge is -2.14. The van der Waals surface area contributed by atoms with Gasteiger partial charge in [-0.2, -0.15) is 0 Å². The number of ether oxygens (including phenoxy) is 1. The summed E-state index contributed by atoms with van der Waals surface area (Å²) in [6, 6.07) is 0. The van der Waals surface area contributed by atoms with E-state index in [1.54, 1.807) is 0 Å². The summed E-state index contributed by atoms with van der Waals surface area (Å²) in [5.41, 5.74) is 0. The highest BCUT2D eigenvalue weighted by Crippen LogP contribution is 2.13. The number of hydrogen-bond donors (Lipinski definition) is 0. The van der Waals surface area contributed by atoms with Gasteiger partial charge in [0.15, 0.2) is 0 Å². The van der Waals surface area contributed by atoms with Crippen molar-refractivity contribution < 1.29 is 4.74 Å². The van der Waals surface area contributed by atoms with E-state index < -0.39 is 0 Å². The van der Waals surface area contributed by atoms with E-state index in [0.717, 1.165) is 25.7 Å². The van der Waals surface area contributed by atoms with Crippen molar-refractivity contribution in [2.45, 2.75) is 20.3 Å². The van der Waals surface area contributed by atoms with Crippen LogP contribution in [0.3, 0.4) is 0 Å². The molecule has 0 amide bonds. The minimum absolute atomic E-state index is 0.851. The summed E-state index contributed by atoms with van der Waals surface area (Å²) in [4.78, 5) is 2.49. The first-order chi connectivity index (χ1) is 5.33. The third-order valence-corrected chi connectivity index (χ3v) is 2.26. The Hall–Kier alpha value is -0.0800. The molecule has 1 fully saturated rings. The molecule has 0 aromatic rings. The van der Waals surface area contributed by atoms with Gasteiger partial charge in [-0.1, -0.05) is 6.92 Å². The Labute approximate surface area is 69.5 Å². The van der Waals surface area contributed by atoms with Crippen molar-refractivity contribution >= 4 is 0 Å². The van der Waals surface area contributed by atoms with E-state index >= 15 is 0 Å². The van der Waals surface area contributed by atoms with Crippen LogP contribution in [-0.4, -0.2) is 37.7 Å². The monoisotopic (exact) mass is 157 g/mol. The first-order valence-corrected chi connectivity index (χ1v) is 4.63. The van der Waals surface area contributed by atoms with Gasteiger partial charge >= 0.3 is 0 Å². The smallest absolute Gasteiger partial charge is 0.0593 e. The Morgan fingerprint density at radius 3 is 2.91 bits per heavy atom. The van der Waals surface area contributed by atoms with E-state index in [-0.39, 0.29) is 0 Å². The molecule has 0 N–H and O–H groups in total. The van der Waals surface area contributed by atoms with Crippen LogP contribution >= 0.6 is 0 Å². The van der Waals surface area contributed by atoms with Crippen LogP contribution in [0.2, 0.25) is 0 Å². The highest BCUT2D eigenvalue weighted by Gasteiger charge is 2.17. The minimum Gasteiger partial charge on any atom is -0.380 e. The lowest BCUT2D eigenvalue weighted by molar-refractivity contribution is 0.121. The number of hydrogen-bond acceptors (Lipinski definition) is 2. The van der Waals surface area contributed by atoms with Gasteiger partial charge in [-0.05, 0) is 25.8 Å². The van der Waals surface area contributed by atoms with Gasteiger partial charge in [0.2, 0.25) is 0 Å². The molecule has 0 aliphatic carbocycles. The van der Waals surface area contributed by atoms with Gasteiger partial charge in [0.05, 0.1) is 6.61 Å². The van der Waals surface area contributed by atoms with Crippen LogP contribution < -0.4 is 0 Å². The highest BCUT2D eigenvalue weighted by atomic mass is 16.5. The van der Waals surface area contributed by atoms with Crippen LogP contribution in [0, 0.1) is 5.92 Å². The average Bonchev–Trinajstić information content (AvgIpc) is 2.37. The summed E-state index contributed by atoms with van der Waals surface area (Å²) in [6.45, 7) is 9.79. The quantitative estimate of drug-likeness (QED) is 0.571. The summed E-state index contributed by atoms with van der Waals surface area (Å²) in [5, 5.41) is 0. The number of rotatable bonds is 4. The molecular weight excluding hydrogens is 138 g/mol. The first kappa shape index (κ1) is 9.01. The largest absolute Gasteiger partial charge is 0.380 e. The molecule has 0 radical (unpaired) electrons. The Morgan fingerprint density at radius 2 is 2.36 bits per heavy atom. The Bertz CT molecular complexity index is 106. The second-order valence-electron chi connectivity index (χ2n) is 3.39. The van der Waals surface area contributed by atoms with E-state index in [4.69, 9.17) is 4.74 Å². The summed E-state index contributed by atoms with van der Waals surface area (Å²) in [7, 11) is 0. The van der Waals surface area contributed by atoms with Crippen molar-refractivity contribution in [3.8, 4) is 0 Å². The summed E-state index contributed by atoms with van der Waals surface area (Å²) < 4.78 is 5.29. The zero-order valence-corrected chi connectivity index (χ0v) is 7.68. The van der Waals surface area contributed by atoms with Crippen LogP contribution in [-0.2, 0) is 4.74 Å². The van der Waals surface area contributed by atoms with Crippen LogP contribution in [0.5, 0.6) is 0 Å². The van der Waals surface area contributed by atoms with Crippen molar-refractivity contribution in [1.29, 1.82) is 0 Å². The van der Waals surface area contributed by atoms with Crippen LogP contribution in [0.25, 0.3) is 0 Å². The maximum absolute atomic E-state index is 5.29. The van der Waals surface area contributed by atoms with Crippen molar-refractivity contribution in [1.82, 2.24) is 4.90 Å². The SMILES string of the molecule is CCOCCN1CCC(C)C1. The fourth-order valence-corrected chi connectivity index (χ4v) is 1.57. The normalized spacial score (nSPS) is 26.2. The zero-order valence-electron chi connectivity index (χ0n) is 7.68. The molecule has 0 saturated carbocycles. The van der Waals surface area contributed by atoms with E-state index in [0.29, 0.717) is 0 Å². The van der Waals surface area contributed by atoms with Gasteiger partial charge in [0.1, 0.15) is 0 Å². The van der Waals surface area contributed by atoms with E-state index in [9.17, 15) is 0 Å². The maximum atomic E-state index is 5.29. The molecule has 1 rings (SSSR count). The zero-order chi connectivity index (χ0) is 8.10. The Balaban J connectivity index is 1.99. The van der Waals surface area contributed by atoms with Gasteiger partial charge in [0.25, 0.3) is 0 Å². The van der Waals surface area contributed by atoms with Gasteiger partial charge in [0, 0.05) is 19.7 Å². The van der Waals surface area contributed by atoms with Crippen LogP contribution in [0.15, 0.2) is 0 Å². The topological polar surface area (TPSA) is 12.5 Å². The Kier molecular flexibility index (Phi) is 3.87. The maximum Gasteiger partial charge on any atom is 0.0593 e. The molecule has 0 spiro atoms. The molecule has 1 heterocycles. The lowest BCUT2D eigenvalue weighted by Crippen LogP contribution is -2.24. The molecule has 66 valence electrons. The summed E-state index contributed by atoms with van der Waals surface area (Å²) in [6.07, 6.45) is 1.37. The number of likely N-dealkylation sites (tertiary alicyclic amines) is 1. The molecule has 0 bridgehead atoms. The molecule has 2 nitrogen and oxygen atoms in total. The highest BCUT2D eigenvalue weighted by molar-refractivity contribution is 4.71. The second kappa shape index (κ2) is 4.73. The van der Waals surface area contributed by atoms with Crippen molar-refractivity contribution in [3.63, 3.8) is 0 Å². The van der Waals surface area contributed by atoms with E-state index in [2.05, 4.69) is 11.8 Å². The predicted molar refractivity (Wildman–Crippen MR) is 46.7 cm³/mol. The third kappa shape index (κ3) is 3.21. The van der Waals surface area contributed by atoms with Gasteiger partial charge < -0.3 is 9.64 Å². The lowest BCUT2D eigenvalue weighted by atomic mass is 10.2. The molecule has 1 aliphatic heterocycles. The van der Waals surface area contributed by atoms with E-state index in [1.165, 1.54) is 19.5 Å². The summed E-state index contributed by atoms with van der Waals surface area (Å²) >= 11 is 0. The molecule has 1 atom stereocenters. The van der Waals surface area contributed by atoms with Gasteiger partial charge in [-0.25, -0.2) is 0 Å². The number of nitrogens with zero attached hydrogens (tertiary/aromatic N) is 1. The minimum atomic E-state index is 0.851. The summed E-state index contributed by atoms with van der Waals surface area (Å²) in [5.74, 6) is 0.900. The third-order valence-electron chi connectivity index (χ3n) is 2.26. The molecule has 1 unspecified atom stereocenters. The average molecular weight is 157 g/mol. The van der Waals surface area contributed by atoms with Gasteiger partial charge in [-0.3, -0.25) is 0 Å². The predicted octanol–water partition coefficient (Wildman–Crippen LogP) is 1.36. The molecule has 2 heteroatoms. The molecule has 11 heavy (non-hydrogen) atoms. The molecule has 0 aromatic carbocycles. The van der Waals surface area contributed by atoms with Crippen LogP contribution in [0.4, 0.5) is 0 Å². The van der Waals surface area contributed by atoms with Crippen molar-refractivity contribution in [2.24, 2.45) is 5.92 Å². The first-order valence-electron chi connectivity index (χ1n) is 4.63. The Morgan fingerprint density at radius 1 is 1.55 bits per heavy atom. The van der Waals surface area contributed by atoms with Gasteiger partial charge in [-0.15, -0.1) is 0 Å². The molecule has 1 aliphatic rings. The molecule has 1 saturated heterocycles. The fraction of sp³-hybridized carbons (Fsp3) is 1.00. The van der Waals surface area contributed by atoms with Crippen molar-refractivity contribution in [2.75, 3.05) is 32.8 Å². The van der Waals surface area contributed by atoms with E-state index in [1.807, 2.05) is 6.92 Å². The molecular formula is C9H19NO. The van der Waals surface area contributed by atoms with Crippen molar-refractivity contribution in [3.05, 3.63) is 0 Å². The molecule has 0 aromatic heterocycles. The van der Waals surface area contributed by atoms with Crippen LogP contribution in [0.1, 0.15) is 20.3 Å².